The van der Waals surface area contributed by atoms with Crippen LogP contribution in [0.15, 0.2) is 0 Å². The molecular formula is C13H27NO4S. The van der Waals surface area contributed by atoms with E-state index < -0.39 is 15.6 Å². The molecule has 6 heteroatoms. The quantitative estimate of drug-likeness (QED) is 0.805. The Morgan fingerprint density at radius 3 is 2.21 bits per heavy atom. The number of rotatable bonds is 6. The minimum atomic E-state index is -3.46. The molecule has 114 valence electrons. The molecule has 5 nitrogen and oxygen atoms in total. The van der Waals surface area contributed by atoms with Crippen LogP contribution in [0.3, 0.4) is 0 Å². The molecule has 2 N–H and O–H groups in total. The Bertz CT molecular complexity index is 397. The van der Waals surface area contributed by atoms with Crippen LogP contribution in [0, 0.1) is 11.3 Å². The summed E-state index contributed by atoms with van der Waals surface area (Å²) in [5.74, 6) is 0.374. The maximum atomic E-state index is 10.9. The number of hydrogen-bond donors (Lipinski definition) is 1. The van der Waals surface area contributed by atoms with Crippen LogP contribution in [-0.2, 0) is 19.5 Å². The van der Waals surface area contributed by atoms with Crippen LogP contribution >= 0.6 is 0 Å². The smallest absolute Gasteiger partial charge is 0.211 e. The maximum Gasteiger partial charge on any atom is 0.211 e. The molecule has 1 heterocycles. The van der Waals surface area contributed by atoms with Gasteiger partial charge in [-0.05, 0) is 19.3 Å². The van der Waals surface area contributed by atoms with Crippen molar-refractivity contribution in [2.24, 2.45) is 16.5 Å². The molecule has 2 atom stereocenters. The topological polar surface area (TPSA) is 78.6 Å². The highest BCUT2D eigenvalue weighted by Crippen LogP contribution is 2.40. The average Bonchev–Trinajstić information content (AvgIpc) is 2.07. The van der Waals surface area contributed by atoms with E-state index in [0.717, 1.165) is 13.0 Å². The lowest BCUT2D eigenvalue weighted by atomic mass is 9.72. The predicted molar refractivity (Wildman–Crippen MR) is 75.3 cm³/mol. The number of hydrogen-bond acceptors (Lipinski definition) is 4. The maximum absolute atomic E-state index is 10.9. The molecule has 1 aliphatic heterocycles. The molecule has 1 rings (SSSR count). The Labute approximate surface area is 116 Å². The molecule has 0 aliphatic carbocycles. The highest BCUT2D eigenvalue weighted by Gasteiger charge is 2.43. The first kappa shape index (κ1) is 16.9. The zero-order valence-electron chi connectivity index (χ0n) is 12.6. The van der Waals surface area contributed by atoms with Crippen LogP contribution in [0.5, 0.6) is 0 Å². The Hall–Kier alpha value is -0.170. The van der Waals surface area contributed by atoms with Crippen molar-refractivity contribution in [3.05, 3.63) is 0 Å². The summed E-state index contributed by atoms with van der Waals surface area (Å²) in [4.78, 5) is 0. The van der Waals surface area contributed by atoms with Crippen molar-refractivity contribution in [3.63, 3.8) is 0 Å². The van der Waals surface area contributed by atoms with E-state index in [4.69, 9.17) is 14.6 Å². The number of ether oxygens (including phenoxy) is 2. The summed E-state index contributed by atoms with van der Waals surface area (Å²) in [6.45, 7) is 11.5. The molecule has 0 amide bonds. The van der Waals surface area contributed by atoms with E-state index in [2.05, 4.69) is 20.8 Å². The van der Waals surface area contributed by atoms with E-state index in [-0.39, 0.29) is 23.9 Å². The van der Waals surface area contributed by atoms with Gasteiger partial charge in [0.05, 0.1) is 30.7 Å². The fraction of sp³-hybridized carbons (Fsp3) is 1.00. The fourth-order valence-corrected chi connectivity index (χ4v) is 2.63. The SMILES string of the molecule is CC(C)(CC1OCC1C(C)(C)C)OCCS(N)(=O)=O. The van der Waals surface area contributed by atoms with E-state index in [1.54, 1.807) is 0 Å². The zero-order valence-corrected chi connectivity index (χ0v) is 13.4. The molecule has 0 aromatic carbocycles. The van der Waals surface area contributed by atoms with Crippen LogP contribution in [0.1, 0.15) is 41.0 Å². The van der Waals surface area contributed by atoms with Gasteiger partial charge in [-0.1, -0.05) is 20.8 Å². The van der Waals surface area contributed by atoms with E-state index in [0.29, 0.717) is 5.92 Å². The molecule has 0 radical (unpaired) electrons. The molecule has 0 aromatic heterocycles. The van der Waals surface area contributed by atoms with Gasteiger partial charge in [0.1, 0.15) is 0 Å². The molecule has 1 aliphatic rings. The van der Waals surface area contributed by atoms with Gasteiger partial charge in [-0.15, -0.1) is 0 Å². The first-order valence-electron chi connectivity index (χ1n) is 6.67. The first-order valence-corrected chi connectivity index (χ1v) is 8.38. The van der Waals surface area contributed by atoms with Gasteiger partial charge in [0, 0.05) is 12.3 Å². The van der Waals surface area contributed by atoms with Gasteiger partial charge in [0.15, 0.2) is 0 Å². The van der Waals surface area contributed by atoms with E-state index in [1.807, 2.05) is 13.8 Å². The standard InChI is InChI=1S/C13H27NO4S/c1-12(2,3)10-9-17-11(10)8-13(4,5)18-6-7-19(14,15)16/h10-11H,6-9H2,1-5H3,(H2,14,15,16). The van der Waals surface area contributed by atoms with Crippen molar-refractivity contribution in [1.82, 2.24) is 0 Å². The lowest BCUT2D eigenvalue weighted by Crippen LogP contribution is -2.50. The Kier molecular flexibility index (Phi) is 5.04. The number of sulfonamides is 1. The van der Waals surface area contributed by atoms with Gasteiger partial charge in [-0.3, -0.25) is 0 Å². The van der Waals surface area contributed by atoms with Gasteiger partial charge in [0.25, 0.3) is 0 Å². The number of primary sulfonamides is 1. The van der Waals surface area contributed by atoms with Crippen molar-refractivity contribution < 1.29 is 17.9 Å². The predicted octanol–water partition coefficient (Wildman–Crippen LogP) is 1.52. The van der Waals surface area contributed by atoms with Crippen LogP contribution < -0.4 is 5.14 Å². The molecule has 19 heavy (non-hydrogen) atoms. The summed E-state index contributed by atoms with van der Waals surface area (Å²) in [6, 6.07) is 0. The summed E-state index contributed by atoms with van der Waals surface area (Å²) >= 11 is 0. The third-order valence-electron chi connectivity index (χ3n) is 3.60. The van der Waals surface area contributed by atoms with E-state index in [1.165, 1.54) is 0 Å². The van der Waals surface area contributed by atoms with Gasteiger partial charge >= 0.3 is 0 Å². The van der Waals surface area contributed by atoms with E-state index >= 15 is 0 Å². The van der Waals surface area contributed by atoms with Gasteiger partial charge < -0.3 is 9.47 Å². The summed E-state index contributed by atoms with van der Waals surface area (Å²) in [5.41, 5.74) is -0.182. The van der Waals surface area contributed by atoms with Crippen molar-refractivity contribution >= 4 is 10.0 Å². The van der Waals surface area contributed by atoms with Gasteiger partial charge in [-0.25, -0.2) is 13.6 Å². The second-order valence-corrected chi connectivity index (χ2v) is 8.76. The van der Waals surface area contributed by atoms with Crippen LogP contribution in [0.4, 0.5) is 0 Å². The fourth-order valence-electron chi connectivity index (χ4n) is 2.31. The number of nitrogens with two attached hydrogens (primary N) is 1. The minimum absolute atomic E-state index is 0.124. The summed E-state index contributed by atoms with van der Waals surface area (Å²) in [5, 5.41) is 4.95. The Balaban J connectivity index is 2.42. The van der Waals surface area contributed by atoms with Crippen molar-refractivity contribution in [3.8, 4) is 0 Å². The molecule has 0 aromatic rings. The molecule has 0 saturated carbocycles. The molecule has 0 bridgehead atoms. The lowest BCUT2D eigenvalue weighted by Gasteiger charge is -2.47. The molecule has 1 saturated heterocycles. The third-order valence-corrected chi connectivity index (χ3v) is 4.34. The molecular weight excluding hydrogens is 266 g/mol. The largest absolute Gasteiger partial charge is 0.377 e. The van der Waals surface area contributed by atoms with Crippen molar-refractivity contribution in [2.75, 3.05) is 19.0 Å². The second-order valence-electron chi connectivity index (χ2n) is 7.02. The van der Waals surface area contributed by atoms with Crippen LogP contribution in [0.2, 0.25) is 0 Å². The van der Waals surface area contributed by atoms with Crippen molar-refractivity contribution in [2.45, 2.75) is 52.7 Å². The average molecular weight is 293 g/mol. The normalized spacial score (nSPS) is 25.2. The highest BCUT2D eigenvalue weighted by atomic mass is 32.2. The minimum Gasteiger partial charge on any atom is -0.377 e. The molecule has 0 spiro atoms. The second kappa shape index (κ2) is 5.68. The van der Waals surface area contributed by atoms with E-state index in [9.17, 15) is 8.42 Å². The Morgan fingerprint density at radius 1 is 1.26 bits per heavy atom. The lowest BCUT2D eigenvalue weighted by molar-refractivity contribution is -0.183. The third kappa shape index (κ3) is 5.77. The Morgan fingerprint density at radius 2 is 1.84 bits per heavy atom. The molecule has 2 unspecified atom stereocenters. The van der Waals surface area contributed by atoms with Crippen molar-refractivity contribution in [1.29, 1.82) is 0 Å². The molecule has 1 fully saturated rings. The summed E-state index contributed by atoms with van der Waals surface area (Å²) in [6.07, 6.45) is 0.948. The zero-order chi connectivity index (χ0) is 14.9. The van der Waals surface area contributed by atoms with Crippen LogP contribution in [0.25, 0.3) is 0 Å². The first-order chi connectivity index (χ1) is 8.41. The monoisotopic (exact) mass is 293 g/mol. The van der Waals surface area contributed by atoms with Crippen LogP contribution in [-0.4, -0.2) is 39.1 Å². The summed E-state index contributed by atoms with van der Waals surface area (Å²) < 4.78 is 33.0. The summed E-state index contributed by atoms with van der Waals surface area (Å²) in [7, 11) is -3.46. The van der Waals surface area contributed by atoms with Gasteiger partial charge in [0.2, 0.25) is 10.0 Å². The van der Waals surface area contributed by atoms with Gasteiger partial charge in [-0.2, -0.15) is 0 Å². The highest BCUT2D eigenvalue weighted by molar-refractivity contribution is 7.89.